The van der Waals surface area contributed by atoms with E-state index in [1.54, 1.807) is 19.2 Å². The number of aliphatic imine (C=N–C) groups is 1. The molecule has 0 saturated heterocycles. The van der Waals surface area contributed by atoms with Gasteiger partial charge in [0.15, 0.2) is 5.96 Å². The van der Waals surface area contributed by atoms with Gasteiger partial charge in [-0.25, -0.2) is 0 Å². The zero-order valence-electron chi connectivity index (χ0n) is 16.3. The van der Waals surface area contributed by atoms with E-state index in [1.165, 1.54) is 19.3 Å². The molecule has 0 aliphatic heterocycles. The van der Waals surface area contributed by atoms with Crippen molar-refractivity contribution in [1.29, 1.82) is 0 Å². The Balaban J connectivity index is 1.76. The standard InChI is InChI=1S/C20H31BrN4O2/c1-3-22-19(25-15-20(9-4-10-20)11-14-27-2)24-13-12-23-18(26)16-5-7-17(21)8-6-16/h5-8H,3-4,9-15H2,1-2H3,(H,23,26)(H2,22,24,25). The first kappa shape index (κ1) is 21.7. The van der Waals surface area contributed by atoms with Gasteiger partial charge in [0, 0.05) is 49.9 Å². The van der Waals surface area contributed by atoms with Crippen LogP contribution < -0.4 is 16.0 Å². The quantitative estimate of drug-likeness (QED) is 0.298. The molecular weight excluding hydrogens is 408 g/mol. The molecule has 2 rings (SSSR count). The number of benzene rings is 1. The molecule has 0 bridgehead atoms. The van der Waals surface area contributed by atoms with E-state index in [2.05, 4.69) is 38.8 Å². The largest absolute Gasteiger partial charge is 0.385 e. The molecular formula is C20H31BrN4O2. The fraction of sp³-hybridized carbons (Fsp3) is 0.600. The molecule has 6 nitrogen and oxygen atoms in total. The van der Waals surface area contributed by atoms with Gasteiger partial charge in [-0.2, -0.15) is 0 Å². The highest BCUT2D eigenvalue weighted by atomic mass is 79.9. The molecule has 1 fully saturated rings. The van der Waals surface area contributed by atoms with Crippen molar-refractivity contribution in [2.45, 2.75) is 32.6 Å². The van der Waals surface area contributed by atoms with Crippen LogP contribution in [0.1, 0.15) is 43.0 Å². The normalized spacial score (nSPS) is 15.7. The Bertz CT molecular complexity index is 615. The summed E-state index contributed by atoms with van der Waals surface area (Å²) in [7, 11) is 1.75. The van der Waals surface area contributed by atoms with Crippen molar-refractivity contribution < 1.29 is 9.53 Å². The van der Waals surface area contributed by atoms with Gasteiger partial charge in [-0.15, -0.1) is 0 Å². The van der Waals surface area contributed by atoms with Gasteiger partial charge in [-0.05, 0) is 55.9 Å². The Morgan fingerprint density at radius 2 is 1.89 bits per heavy atom. The maximum Gasteiger partial charge on any atom is 0.251 e. The van der Waals surface area contributed by atoms with Crippen LogP contribution in [0.2, 0.25) is 0 Å². The summed E-state index contributed by atoms with van der Waals surface area (Å²) in [6, 6.07) is 7.33. The van der Waals surface area contributed by atoms with E-state index in [-0.39, 0.29) is 5.91 Å². The number of rotatable bonds is 10. The van der Waals surface area contributed by atoms with Gasteiger partial charge in [0.2, 0.25) is 0 Å². The summed E-state index contributed by atoms with van der Waals surface area (Å²) in [5, 5.41) is 9.50. The van der Waals surface area contributed by atoms with E-state index >= 15 is 0 Å². The second-order valence-corrected chi connectivity index (χ2v) is 7.90. The number of nitrogens with one attached hydrogen (secondary N) is 3. The molecule has 1 aromatic carbocycles. The molecule has 150 valence electrons. The number of hydrogen-bond donors (Lipinski definition) is 3. The monoisotopic (exact) mass is 438 g/mol. The lowest BCUT2D eigenvalue weighted by Gasteiger charge is -2.40. The fourth-order valence-electron chi connectivity index (χ4n) is 3.13. The molecule has 1 aliphatic rings. The first-order chi connectivity index (χ1) is 13.1. The van der Waals surface area contributed by atoms with Gasteiger partial charge < -0.3 is 20.7 Å². The van der Waals surface area contributed by atoms with Gasteiger partial charge in [-0.1, -0.05) is 22.4 Å². The van der Waals surface area contributed by atoms with Crippen molar-refractivity contribution in [3.05, 3.63) is 34.3 Å². The summed E-state index contributed by atoms with van der Waals surface area (Å²) < 4.78 is 6.21. The van der Waals surface area contributed by atoms with Crippen molar-refractivity contribution in [2.75, 3.05) is 39.9 Å². The number of carbonyl (C=O) groups excluding carboxylic acids is 1. The van der Waals surface area contributed by atoms with Gasteiger partial charge >= 0.3 is 0 Å². The molecule has 0 spiro atoms. The Morgan fingerprint density at radius 1 is 1.19 bits per heavy atom. The van der Waals surface area contributed by atoms with Crippen LogP contribution in [0.25, 0.3) is 0 Å². The fourth-order valence-corrected chi connectivity index (χ4v) is 3.40. The van der Waals surface area contributed by atoms with Crippen LogP contribution in [0, 0.1) is 5.41 Å². The minimum Gasteiger partial charge on any atom is -0.385 e. The topological polar surface area (TPSA) is 74.8 Å². The van der Waals surface area contributed by atoms with Gasteiger partial charge in [-0.3, -0.25) is 9.79 Å². The van der Waals surface area contributed by atoms with Crippen molar-refractivity contribution in [1.82, 2.24) is 16.0 Å². The number of carbonyl (C=O) groups is 1. The summed E-state index contributed by atoms with van der Waals surface area (Å²) in [4.78, 5) is 16.9. The predicted octanol–water partition coefficient (Wildman–Crippen LogP) is 2.94. The molecule has 1 amide bonds. The number of halogens is 1. The molecule has 1 aliphatic carbocycles. The van der Waals surface area contributed by atoms with Crippen LogP contribution in [0.15, 0.2) is 33.7 Å². The summed E-state index contributed by atoms with van der Waals surface area (Å²) in [5.41, 5.74) is 0.956. The summed E-state index contributed by atoms with van der Waals surface area (Å²) in [5.74, 6) is 0.735. The Labute approximate surface area is 170 Å². The van der Waals surface area contributed by atoms with Crippen LogP contribution in [0.4, 0.5) is 0 Å². The number of methoxy groups -OCH3 is 1. The number of hydrogen-bond acceptors (Lipinski definition) is 3. The zero-order valence-corrected chi connectivity index (χ0v) is 17.9. The molecule has 0 atom stereocenters. The minimum atomic E-state index is -0.0702. The maximum absolute atomic E-state index is 12.1. The highest BCUT2D eigenvalue weighted by molar-refractivity contribution is 9.10. The Morgan fingerprint density at radius 3 is 2.48 bits per heavy atom. The maximum atomic E-state index is 12.1. The zero-order chi connectivity index (χ0) is 19.5. The number of nitrogens with zero attached hydrogens (tertiary/aromatic N) is 1. The molecule has 7 heteroatoms. The molecule has 1 aromatic rings. The van der Waals surface area contributed by atoms with Gasteiger partial charge in [0.05, 0.1) is 0 Å². The van der Waals surface area contributed by atoms with Gasteiger partial charge in [0.1, 0.15) is 0 Å². The van der Waals surface area contributed by atoms with Crippen molar-refractivity contribution in [3.63, 3.8) is 0 Å². The average Bonchev–Trinajstić information content (AvgIpc) is 2.64. The highest BCUT2D eigenvalue weighted by Crippen LogP contribution is 2.44. The summed E-state index contributed by atoms with van der Waals surface area (Å²) in [6.07, 6.45) is 4.80. The molecule has 27 heavy (non-hydrogen) atoms. The van der Waals surface area contributed by atoms with E-state index in [0.29, 0.717) is 24.1 Å². The number of amides is 1. The highest BCUT2D eigenvalue weighted by Gasteiger charge is 2.36. The lowest BCUT2D eigenvalue weighted by Crippen LogP contribution is -2.43. The third-order valence-electron chi connectivity index (χ3n) is 4.98. The van der Waals surface area contributed by atoms with Crippen LogP contribution in [0.3, 0.4) is 0 Å². The van der Waals surface area contributed by atoms with Crippen molar-refractivity contribution in [2.24, 2.45) is 10.4 Å². The number of guanidine groups is 1. The van der Waals surface area contributed by atoms with E-state index < -0.39 is 0 Å². The lowest BCUT2D eigenvalue weighted by atomic mass is 9.67. The third-order valence-corrected chi connectivity index (χ3v) is 5.51. The first-order valence-electron chi connectivity index (χ1n) is 9.63. The molecule has 0 heterocycles. The van der Waals surface area contributed by atoms with Crippen LogP contribution in [-0.4, -0.2) is 51.8 Å². The van der Waals surface area contributed by atoms with E-state index in [9.17, 15) is 4.79 Å². The smallest absolute Gasteiger partial charge is 0.251 e. The second kappa shape index (κ2) is 11.3. The SMILES string of the molecule is CCNC(=NCC1(CCOC)CCC1)NCCNC(=O)c1ccc(Br)cc1. The molecule has 0 radical (unpaired) electrons. The second-order valence-electron chi connectivity index (χ2n) is 6.98. The lowest BCUT2D eigenvalue weighted by molar-refractivity contribution is 0.0778. The molecule has 0 unspecified atom stereocenters. The molecule has 3 N–H and O–H groups in total. The van der Waals surface area contributed by atoms with Crippen LogP contribution >= 0.6 is 15.9 Å². The van der Waals surface area contributed by atoms with Crippen molar-refractivity contribution >= 4 is 27.8 Å². The molecule has 1 saturated carbocycles. The number of ether oxygens (including phenoxy) is 1. The third kappa shape index (κ3) is 7.14. The van der Waals surface area contributed by atoms with E-state index in [4.69, 9.17) is 9.73 Å². The van der Waals surface area contributed by atoms with E-state index in [0.717, 1.165) is 36.5 Å². The summed E-state index contributed by atoms with van der Waals surface area (Å²) >= 11 is 3.37. The van der Waals surface area contributed by atoms with Gasteiger partial charge in [0.25, 0.3) is 5.91 Å². The summed E-state index contributed by atoms with van der Waals surface area (Å²) in [6.45, 7) is 5.63. The predicted molar refractivity (Wildman–Crippen MR) is 113 cm³/mol. The van der Waals surface area contributed by atoms with Crippen LogP contribution in [0.5, 0.6) is 0 Å². The van der Waals surface area contributed by atoms with Crippen LogP contribution in [-0.2, 0) is 4.74 Å². The Kier molecular flexibility index (Phi) is 9.07. The minimum absolute atomic E-state index is 0.0702. The van der Waals surface area contributed by atoms with Crippen molar-refractivity contribution in [3.8, 4) is 0 Å². The first-order valence-corrected chi connectivity index (χ1v) is 10.4. The van der Waals surface area contributed by atoms with E-state index in [1.807, 2.05) is 12.1 Å². The average molecular weight is 439 g/mol. The molecule has 0 aromatic heterocycles. The Hall–Kier alpha value is -1.60.